The van der Waals surface area contributed by atoms with Crippen LogP contribution in [0.2, 0.25) is 0 Å². The molecule has 1 saturated heterocycles. The summed E-state index contributed by atoms with van der Waals surface area (Å²) in [6.07, 6.45) is 2.54. The number of pyridine rings is 1. The minimum Gasteiger partial charge on any atom is -0.493 e. The molecular weight excluding hydrogens is 439 g/mol. The van der Waals surface area contributed by atoms with Crippen LogP contribution in [0.5, 0.6) is 5.88 Å². The van der Waals surface area contributed by atoms with Crippen molar-refractivity contribution in [2.24, 2.45) is 5.10 Å². The van der Waals surface area contributed by atoms with E-state index in [1.54, 1.807) is 17.4 Å². The quantitative estimate of drug-likeness (QED) is 0.584. The van der Waals surface area contributed by atoms with Crippen LogP contribution >= 0.6 is 0 Å². The van der Waals surface area contributed by atoms with E-state index in [9.17, 15) is 27.9 Å². The van der Waals surface area contributed by atoms with Crippen molar-refractivity contribution in [1.82, 2.24) is 19.5 Å². The van der Waals surface area contributed by atoms with E-state index in [2.05, 4.69) is 10.1 Å². The molecule has 0 spiro atoms. The fourth-order valence-corrected chi connectivity index (χ4v) is 3.81. The minimum absolute atomic E-state index is 0.0840. The zero-order chi connectivity index (χ0) is 23.6. The highest BCUT2D eigenvalue weighted by Crippen LogP contribution is 2.32. The Labute approximate surface area is 185 Å². The third-order valence-corrected chi connectivity index (χ3v) is 5.43. The summed E-state index contributed by atoms with van der Waals surface area (Å²) in [6.45, 7) is 0.599. The number of aromatic amines is 1. The lowest BCUT2D eigenvalue weighted by Crippen LogP contribution is -2.32. The lowest BCUT2D eigenvalue weighted by Gasteiger charge is -2.33. The van der Waals surface area contributed by atoms with Crippen LogP contribution in [-0.4, -0.2) is 37.4 Å². The lowest BCUT2D eigenvalue weighted by molar-refractivity contribution is -0.137. The molecule has 1 aromatic carbocycles. The number of nitrogens with zero attached hydrogens (tertiary/aromatic N) is 4. The first-order valence-corrected chi connectivity index (χ1v) is 10.2. The van der Waals surface area contributed by atoms with E-state index in [0.717, 1.165) is 43.2 Å². The molecule has 3 aromatic rings. The Kier molecular flexibility index (Phi) is 6.03. The average molecular weight is 459 g/mol. The molecule has 33 heavy (non-hydrogen) atoms. The number of hydrogen-bond acceptors (Lipinski definition) is 6. The Hall–Kier alpha value is -3.89. The van der Waals surface area contributed by atoms with Crippen LogP contribution < -0.4 is 11.2 Å². The first-order valence-electron chi connectivity index (χ1n) is 10.2. The number of benzene rings is 1. The van der Waals surface area contributed by atoms with Crippen LogP contribution in [0.4, 0.5) is 13.2 Å². The van der Waals surface area contributed by atoms with Crippen molar-refractivity contribution in [3.8, 4) is 11.6 Å². The van der Waals surface area contributed by atoms with E-state index >= 15 is 0 Å². The topological polar surface area (TPSA) is 104 Å². The van der Waals surface area contributed by atoms with Crippen molar-refractivity contribution in [3.05, 3.63) is 86.3 Å². The van der Waals surface area contributed by atoms with Crippen molar-refractivity contribution >= 4 is 6.21 Å². The van der Waals surface area contributed by atoms with Gasteiger partial charge in [-0.05, 0) is 49.1 Å². The second kappa shape index (κ2) is 8.93. The molecule has 11 heteroatoms. The number of aromatic hydroxyl groups is 1. The molecule has 172 valence electrons. The number of aromatic nitrogens is 3. The van der Waals surface area contributed by atoms with Gasteiger partial charge in [-0.15, -0.1) is 0 Å². The summed E-state index contributed by atoms with van der Waals surface area (Å²) >= 11 is 0. The van der Waals surface area contributed by atoms with Crippen LogP contribution in [0.25, 0.3) is 5.69 Å². The molecule has 1 aliphatic heterocycles. The molecule has 8 nitrogen and oxygen atoms in total. The third-order valence-electron chi connectivity index (χ3n) is 5.43. The van der Waals surface area contributed by atoms with E-state index in [1.165, 1.54) is 6.07 Å². The molecule has 1 atom stereocenters. The number of H-pyrrole nitrogens is 1. The number of rotatable bonds is 4. The van der Waals surface area contributed by atoms with Crippen LogP contribution in [0, 0.1) is 0 Å². The number of alkyl halides is 3. The third kappa shape index (κ3) is 4.66. The Morgan fingerprint density at radius 1 is 1.18 bits per heavy atom. The normalized spacial score (nSPS) is 16.9. The molecule has 0 radical (unpaired) electrons. The van der Waals surface area contributed by atoms with E-state index in [1.807, 2.05) is 17.1 Å². The van der Waals surface area contributed by atoms with Gasteiger partial charge < -0.3 is 5.11 Å². The average Bonchev–Trinajstić information content (AvgIpc) is 2.79. The molecule has 3 heterocycles. The molecule has 2 aromatic heterocycles. The Balaban J connectivity index is 1.73. The van der Waals surface area contributed by atoms with E-state index in [-0.39, 0.29) is 17.3 Å². The van der Waals surface area contributed by atoms with Gasteiger partial charge in [0.05, 0.1) is 23.5 Å². The predicted molar refractivity (Wildman–Crippen MR) is 114 cm³/mol. The smallest absolute Gasteiger partial charge is 0.416 e. The summed E-state index contributed by atoms with van der Waals surface area (Å²) in [4.78, 5) is 30.8. The van der Waals surface area contributed by atoms with Gasteiger partial charge in [0, 0.05) is 18.9 Å². The number of hydrogen-bond donors (Lipinski definition) is 2. The van der Waals surface area contributed by atoms with Crippen LogP contribution in [-0.2, 0) is 6.18 Å². The fraction of sp³-hybridized carbons (Fsp3) is 0.273. The van der Waals surface area contributed by atoms with Crippen molar-refractivity contribution in [3.63, 3.8) is 0 Å². The summed E-state index contributed by atoms with van der Waals surface area (Å²) in [5, 5.41) is 16.8. The van der Waals surface area contributed by atoms with Crippen LogP contribution in [0.1, 0.15) is 42.0 Å². The Morgan fingerprint density at radius 2 is 2.00 bits per heavy atom. The number of piperidine rings is 1. The van der Waals surface area contributed by atoms with Crippen molar-refractivity contribution in [2.45, 2.75) is 31.5 Å². The highest BCUT2D eigenvalue weighted by Gasteiger charge is 2.31. The Bertz CT molecular complexity index is 1280. The van der Waals surface area contributed by atoms with Crippen molar-refractivity contribution in [2.75, 3.05) is 6.54 Å². The number of halogens is 3. The summed E-state index contributed by atoms with van der Waals surface area (Å²) in [5.41, 5.74) is -2.62. The largest absolute Gasteiger partial charge is 0.493 e. The summed E-state index contributed by atoms with van der Waals surface area (Å²) in [6, 6.07) is 7.53. The van der Waals surface area contributed by atoms with Gasteiger partial charge in [-0.25, -0.2) is 9.36 Å². The van der Waals surface area contributed by atoms with Crippen LogP contribution in [0.3, 0.4) is 0 Å². The van der Waals surface area contributed by atoms with E-state index in [0.29, 0.717) is 17.2 Å². The highest BCUT2D eigenvalue weighted by atomic mass is 19.4. The standard InChI is InChI=1S/C22H20F3N5O3/c23-22(24,25)15-6-3-7-16(11-15)30-20(32)17(19(31)28-21(30)33)13-27-29-10-2-1-8-18(29)14-5-4-9-26-12-14/h3-7,9,11-13,18,32H,1-2,8,10H2,(H,28,31,33)/t18-/m0/s1. The van der Waals surface area contributed by atoms with Gasteiger partial charge >= 0.3 is 11.9 Å². The van der Waals surface area contributed by atoms with Gasteiger partial charge in [0.2, 0.25) is 5.88 Å². The molecule has 0 unspecified atom stereocenters. The van der Waals surface area contributed by atoms with E-state index in [4.69, 9.17) is 0 Å². The lowest BCUT2D eigenvalue weighted by atomic mass is 9.98. The van der Waals surface area contributed by atoms with Crippen molar-refractivity contribution in [1.29, 1.82) is 0 Å². The molecule has 1 aliphatic rings. The predicted octanol–water partition coefficient (Wildman–Crippen LogP) is 3.21. The highest BCUT2D eigenvalue weighted by molar-refractivity contribution is 5.82. The molecule has 4 rings (SSSR count). The maximum Gasteiger partial charge on any atom is 0.416 e. The van der Waals surface area contributed by atoms with Gasteiger partial charge in [0.1, 0.15) is 5.56 Å². The van der Waals surface area contributed by atoms with Crippen molar-refractivity contribution < 1.29 is 18.3 Å². The monoisotopic (exact) mass is 459 g/mol. The van der Waals surface area contributed by atoms with Gasteiger partial charge in [-0.3, -0.25) is 19.8 Å². The zero-order valence-electron chi connectivity index (χ0n) is 17.3. The first-order chi connectivity index (χ1) is 15.8. The minimum atomic E-state index is -4.64. The Morgan fingerprint density at radius 3 is 2.73 bits per heavy atom. The van der Waals surface area contributed by atoms with Gasteiger partial charge in [-0.1, -0.05) is 12.1 Å². The first kappa shape index (κ1) is 22.3. The fourth-order valence-electron chi connectivity index (χ4n) is 3.81. The van der Waals surface area contributed by atoms with Gasteiger partial charge in [-0.2, -0.15) is 18.3 Å². The number of nitrogens with one attached hydrogen (secondary N) is 1. The van der Waals surface area contributed by atoms with E-state index < -0.39 is 28.9 Å². The summed E-state index contributed by atoms with van der Waals surface area (Å²) in [7, 11) is 0. The maximum absolute atomic E-state index is 13.1. The second-order valence-electron chi connectivity index (χ2n) is 7.59. The molecule has 0 saturated carbocycles. The summed E-state index contributed by atoms with van der Waals surface area (Å²) in [5.74, 6) is -0.804. The molecule has 0 amide bonds. The number of hydrazone groups is 1. The van der Waals surface area contributed by atoms with Gasteiger partial charge in [0.25, 0.3) is 5.56 Å². The molecule has 0 bridgehead atoms. The van der Waals surface area contributed by atoms with Crippen LogP contribution in [0.15, 0.2) is 63.5 Å². The second-order valence-corrected chi connectivity index (χ2v) is 7.59. The maximum atomic E-state index is 13.1. The SMILES string of the molecule is O=c1[nH]c(=O)n(-c2cccc(C(F)(F)F)c2)c(O)c1C=NN1CCCC[C@H]1c1cccnc1. The zero-order valence-corrected chi connectivity index (χ0v) is 17.3. The molecule has 1 fully saturated rings. The molecular formula is C22H20F3N5O3. The summed E-state index contributed by atoms with van der Waals surface area (Å²) < 4.78 is 39.9. The molecule has 0 aliphatic carbocycles. The van der Waals surface area contributed by atoms with Gasteiger partial charge in [0.15, 0.2) is 0 Å². The molecule has 2 N–H and O–H groups in total.